The maximum Gasteiger partial charge on any atom is 0.252 e. The molecule has 0 spiro atoms. The molecule has 0 fully saturated rings. The van der Waals surface area contributed by atoms with Gasteiger partial charge in [0.25, 0.3) is 5.56 Å². The first kappa shape index (κ1) is 19.6. The number of rotatable bonds is 7. The number of hydrogen-bond donors (Lipinski definition) is 1. The molecule has 0 saturated heterocycles. The number of halogens is 1. The SMILES string of the molecule is CCCCN(Cc1cc2ccccc2[nH]c1=O)S(=O)(=O)c1ccc(Cl)cc1. The van der Waals surface area contributed by atoms with Gasteiger partial charge >= 0.3 is 0 Å². The summed E-state index contributed by atoms with van der Waals surface area (Å²) in [6, 6.07) is 15.3. The summed E-state index contributed by atoms with van der Waals surface area (Å²) in [5.74, 6) is 0. The molecule has 0 unspecified atom stereocenters. The molecule has 5 nitrogen and oxygen atoms in total. The summed E-state index contributed by atoms with van der Waals surface area (Å²) in [5.41, 5.74) is 0.871. The Morgan fingerprint density at radius 1 is 1.07 bits per heavy atom. The zero-order valence-electron chi connectivity index (χ0n) is 15.0. The van der Waals surface area contributed by atoms with Gasteiger partial charge in [0.15, 0.2) is 0 Å². The molecule has 3 rings (SSSR count). The van der Waals surface area contributed by atoms with Crippen molar-refractivity contribution in [2.45, 2.75) is 31.2 Å². The summed E-state index contributed by atoms with van der Waals surface area (Å²) in [4.78, 5) is 15.4. The lowest BCUT2D eigenvalue weighted by atomic mass is 10.1. The highest BCUT2D eigenvalue weighted by Gasteiger charge is 2.25. The van der Waals surface area contributed by atoms with E-state index in [0.29, 0.717) is 23.6 Å². The molecular formula is C20H21ClN2O3S. The van der Waals surface area contributed by atoms with Crippen molar-refractivity contribution in [3.8, 4) is 0 Å². The first-order valence-corrected chi connectivity index (χ1v) is 10.6. The number of nitrogens with one attached hydrogen (secondary N) is 1. The molecule has 0 bridgehead atoms. The average molecular weight is 405 g/mol. The molecule has 2 aromatic carbocycles. The van der Waals surface area contributed by atoms with Gasteiger partial charge in [-0.25, -0.2) is 8.42 Å². The summed E-state index contributed by atoms with van der Waals surface area (Å²) >= 11 is 5.88. The van der Waals surface area contributed by atoms with E-state index in [-0.39, 0.29) is 17.0 Å². The molecule has 7 heteroatoms. The van der Waals surface area contributed by atoms with Crippen LogP contribution >= 0.6 is 11.6 Å². The van der Waals surface area contributed by atoms with Gasteiger partial charge in [0.1, 0.15) is 0 Å². The van der Waals surface area contributed by atoms with Crippen LogP contribution in [0.25, 0.3) is 10.9 Å². The Hall–Kier alpha value is -2.15. The molecule has 1 heterocycles. The van der Waals surface area contributed by atoms with Crippen LogP contribution in [0.3, 0.4) is 0 Å². The number of aromatic nitrogens is 1. The van der Waals surface area contributed by atoms with E-state index in [1.807, 2.05) is 31.2 Å². The monoisotopic (exact) mass is 404 g/mol. The third kappa shape index (κ3) is 4.40. The fraction of sp³-hybridized carbons (Fsp3) is 0.250. The van der Waals surface area contributed by atoms with E-state index in [2.05, 4.69) is 4.98 Å². The van der Waals surface area contributed by atoms with Crippen LogP contribution < -0.4 is 5.56 Å². The van der Waals surface area contributed by atoms with E-state index in [4.69, 9.17) is 11.6 Å². The molecule has 0 atom stereocenters. The maximum atomic E-state index is 13.1. The van der Waals surface area contributed by atoms with Gasteiger partial charge in [0.05, 0.1) is 4.90 Å². The quantitative estimate of drug-likeness (QED) is 0.642. The smallest absolute Gasteiger partial charge is 0.252 e. The van der Waals surface area contributed by atoms with E-state index in [1.165, 1.54) is 16.4 Å². The fourth-order valence-corrected chi connectivity index (χ4v) is 4.46. The van der Waals surface area contributed by atoms with Crippen LogP contribution in [0.2, 0.25) is 5.02 Å². The highest BCUT2D eigenvalue weighted by molar-refractivity contribution is 7.89. The lowest BCUT2D eigenvalue weighted by Gasteiger charge is -2.22. The van der Waals surface area contributed by atoms with Gasteiger partial charge in [0, 0.05) is 29.2 Å². The Morgan fingerprint density at radius 2 is 1.78 bits per heavy atom. The van der Waals surface area contributed by atoms with Crippen LogP contribution in [0.5, 0.6) is 0 Å². The van der Waals surface area contributed by atoms with Crippen molar-refractivity contribution in [3.05, 3.63) is 75.5 Å². The molecule has 0 radical (unpaired) electrons. The van der Waals surface area contributed by atoms with Crippen molar-refractivity contribution < 1.29 is 8.42 Å². The molecule has 0 aliphatic carbocycles. The van der Waals surface area contributed by atoms with E-state index in [0.717, 1.165) is 17.3 Å². The van der Waals surface area contributed by atoms with Crippen molar-refractivity contribution in [2.24, 2.45) is 0 Å². The minimum Gasteiger partial charge on any atom is -0.322 e. The number of fused-ring (bicyclic) bond motifs is 1. The number of H-pyrrole nitrogens is 1. The fourth-order valence-electron chi connectivity index (χ4n) is 2.87. The van der Waals surface area contributed by atoms with E-state index in [1.54, 1.807) is 18.2 Å². The minimum atomic E-state index is -3.74. The Kier molecular flexibility index (Phi) is 5.99. The predicted octanol–water partition coefficient (Wildman–Crippen LogP) is 4.17. The number of nitrogens with zero attached hydrogens (tertiary/aromatic N) is 1. The lowest BCUT2D eigenvalue weighted by Crippen LogP contribution is -2.33. The Labute approximate surface area is 163 Å². The highest BCUT2D eigenvalue weighted by atomic mass is 35.5. The van der Waals surface area contributed by atoms with Gasteiger partial charge in [0.2, 0.25) is 10.0 Å². The van der Waals surface area contributed by atoms with Crippen molar-refractivity contribution in [2.75, 3.05) is 6.54 Å². The summed E-state index contributed by atoms with van der Waals surface area (Å²) in [5, 5.41) is 1.34. The van der Waals surface area contributed by atoms with E-state index < -0.39 is 10.0 Å². The highest BCUT2D eigenvalue weighted by Crippen LogP contribution is 2.21. The molecule has 3 aromatic rings. The van der Waals surface area contributed by atoms with Crippen LogP contribution in [0.1, 0.15) is 25.3 Å². The van der Waals surface area contributed by atoms with E-state index in [9.17, 15) is 13.2 Å². The largest absolute Gasteiger partial charge is 0.322 e. The maximum absolute atomic E-state index is 13.1. The van der Waals surface area contributed by atoms with Crippen LogP contribution in [0, 0.1) is 0 Å². The van der Waals surface area contributed by atoms with Crippen molar-refractivity contribution in [1.82, 2.24) is 9.29 Å². The second-order valence-corrected chi connectivity index (χ2v) is 8.73. The first-order valence-electron chi connectivity index (χ1n) is 8.78. The number of benzene rings is 2. The Balaban J connectivity index is 1.99. The molecule has 27 heavy (non-hydrogen) atoms. The summed E-state index contributed by atoms with van der Waals surface area (Å²) < 4.78 is 27.6. The van der Waals surface area contributed by atoms with Gasteiger partial charge in [-0.05, 0) is 48.2 Å². The molecule has 1 N–H and O–H groups in total. The first-order chi connectivity index (χ1) is 12.9. The summed E-state index contributed by atoms with van der Waals surface area (Å²) in [7, 11) is -3.74. The third-order valence-electron chi connectivity index (χ3n) is 4.39. The molecular weight excluding hydrogens is 384 g/mol. The average Bonchev–Trinajstić information content (AvgIpc) is 2.65. The van der Waals surface area contributed by atoms with Gasteiger partial charge in [-0.3, -0.25) is 4.79 Å². The van der Waals surface area contributed by atoms with Crippen molar-refractivity contribution >= 4 is 32.5 Å². The molecule has 0 aliphatic rings. The van der Waals surface area contributed by atoms with Crippen molar-refractivity contribution in [3.63, 3.8) is 0 Å². The van der Waals surface area contributed by atoms with Crippen LogP contribution in [0.4, 0.5) is 0 Å². The number of para-hydroxylation sites is 1. The zero-order chi connectivity index (χ0) is 19.4. The van der Waals surface area contributed by atoms with Gasteiger partial charge in [-0.2, -0.15) is 4.31 Å². The van der Waals surface area contributed by atoms with Crippen LogP contribution in [0.15, 0.2) is 64.3 Å². The molecule has 1 aromatic heterocycles. The van der Waals surface area contributed by atoms with E-state index >= 15 is 0 Å². The molecule has 0 saturated carbocycles. The molecule has 142 valence electrons. The number of pyridine rings is 1. The van der Waals surface area contributed by atoms with Gasteiger partial charge in [-0.15, -0.1) is 0 Å². The topological polar surface area (TPSA) is 70.2 Å². The minimum absolute atomic E-state index is 0.0190. The number of aromatic amines is 1. The number of hydrogen-bond acceptors (Lipinski definition) is 3. The van der Waals surface area contributed by atoms with Crippen LogP contribution in [-0.4, -0.2) is 24.3 Å². The lowest BCUT2D eigenvalue weighted by molar-refractivity contribution is 0.397. The Morgan fingerprint density at radius 3 is 2.48 bits per heavy atom. The van der Waals surface area contributed by atoms with Crippen molar-refractivity contribution in [1.29, 1.82) is 0 Å². The standard InChI is InChI=1S/C20H21ClN2O3S/c1-2-3-12-23(27(25,26)18-10-8-17(21)9-11-18)14-16-13-15-6-4-5-7-19(15)22-20(16)24/h4-11,13H,2-3,12,14H2,1H3,(H,22,24). The predicted molar refractivity (Wildman–Crippen MR) is 109 cm³/mol. The summed E-state index contributed by atoms with van der Waals surface area (Å²) in [6.07, 6.45) is 1.55. The number of sulfonamides is 1. The van der Waals surface area contributed by atoms with Gasteiger partial charge < -0.3 is 4.98 Å². The second kappa shape index (κ2) is 8.25. The number of unbranched alkanes of at least 4 members (excludes halogenated alkanes) is 1. The zero-order valence-corrected chi connectivity index (χ0v) is 16.6. The van der Waals surface area contributed by atoms with Crippen LogP contribution in [-0.2, 0) is 16.6 Å². The molecule has 0 amide bonds. The molecule has 0 aliphatic heterocycles. The summed E-state index contributed by atoms with van der Waals surface area (Å²) in [6.45, 7) is 2.36. The van der Waals surface area contributed by atoms with Gasteiger partial charge in [-0.1, -0.05) is 43.1 Å². The second-order valence-electron chi connectivity index (χ2n) is 6.36. The normalized spacial score (nSPS) is 12.0. The Bertz CT molecular complexity index is 1090. The third-order valence-corrected chi connectivity index (χ3v) is 6.50.